The summed E-state index contributed by atoms with van der Waals surface area (Å²) in [5, 5.41) is 9.71. The standard InChI is InChI=1S/C27H28FN7O3/c1-3-24(36)30-19-6-4-5-18(15-19)26-25-23(33-38-26)17-29-27(32-25)31-22-8-7-20(16-21(22)28)35-11-9-34(10-12-35)13-14-37-2/h3-8,15-17H,1,9-14H2,2H3,(H,30,36)(H,31,32). The average molecular weight is 518 g/mol. The monoisotopic (exact) mass is 517 g/mol. The number of carbonyl (C=O) groups excluding carboxylic acids is 1. The van der Waals surface area contributed by atoms with Crippen molar-refractivity contribution in [1.82, 2.24) is 20.0 Å². The molecule has 1 amide bonds. The van der Waals surface area contributed by atoms with E-state index < -0.39 is 5.82 Å². The molecule has 0 saturated carbocycles. The molecule has 1 saturated heterocycles. The fraction of sp³-hybridized carbons (Fsp3) is 0.259. The molecule has 10 nitrogen and oxygen atoms in total. The second-order valence-electron chi connectivity index (χ2n) is 8.82. The first-order chi connectivity index (χ1) is 18.5. The Morgan fingerprint density at radius 1 is 1.21 bits per heavy atom. The topological polar surface area (TPSA) is 109 Å². The number of ether oxygens (including phenoxy) is 1. The lowest BCUT2D eigenvalue weighted by atomic mass is 10.1. The van der Waals surface area contributed by atoms with Gasteiger partial charge in [0.05, 0.1) is 18.5 Å². The van der Waals surface area contributed by atoms with Crippen LogP contribution in [0.25, 0.3) is 22.4 Å². The van der Waals surface area contributed by atoms with Crippen LogP contribution in [-0.4, -0.2) is 72.4 Å². The van der Waals surface area contributed by atoms with Crippen LogP contribution in [0.5, 0.6) is 0 Å². The van der Waals surface area contributed by atoms with Gasteiger partial charge in [0.1, 0.15) is 11.3 Å². The number of hydrogen-bond acceptors (Lipinski definition) is 9. The molecule has 0 spiro atoms. The predicted octanol–water partition coefficient (Wildman–Crippen LogP) is 4.06. The van der Waals surface area contributed by atoms with E-state index in [2.05, 4.69) is 42.1 Å². The van der Waals surface area contributed by atoms with Gasteiger partial charge in [0.15, 0.2) is 11.3 Å². The third-order valence-corrected chi connectivity index (χ3v) is 6.35. The number of piperazine rings is 1. The molecule has 196 valence electrons. The fourth-order valence-electron chi connectivity index (χ4n) is 4.30. The third kappa shape index (κ3) is 5.63. The number of aromatic nitrogens is 3. The summed E-state index contributed by atoms with van der Waals surface area (Å²) in [4.78, 5) is 25.0. The van der Waals surface area contributed by atoms with Gasteiger partial charge in [-0.05, 0) is 36.4 Å². The van der Waals surface area contributed by atoms with E-state index in [0.717, 1.165) is 38.4 Å². The zero-order valence-electron chi connectivity index (χ0n) is 21.0. The number of fused-ring (bicyclic) bond motifs is 1. The van der Waals surface area contributed by atoms with Crippen molar-refractivity contribution in [2.24, 2.45) is 0 Å². The lowest BCUT2D eigenvalue weighted by Gasteiger charge is -2.36. The summed E-state index contributed by atoms with van der Waals surface area (Å²) in [5.41, 5.74) is 3.24. The number of nitrogens with one attached hydrogen (secondary N) is 2. The zero-order chi connectivity index (χ0) is 26.5. The second-order valence-corrected chi connectivity index (χ2v) is 8.82. The smallest absolute Gasteiger partial charge is 0.247 e. The van der Waals surface area contributed by atoms with Crippen molar-refractivity contribution in [2.75, 3.05) is 62.0 Å². The molecule has 0 radical (unpaired) electrons. The molecule has 1 aliphatic heterocycles. The molecule has 4 aromatic rings. The lowest BCUT2D eigenvalue weighted by Crippen LogP contribution is -2.47. The second kappa shape index (κ2) is 11.4. The molecule has 2 aromatic heterocycles. The molecule has 0 unspecified atom stereocenters. The Balaban J connectivity index is 1.32. The van der Waals surface area contributed by atoms with Gasteiger partial charge in [-0.1, -0.05) is 23.9 Å². The molecular weight excluding hydrogens is 489 g/mol. The van der Waals surface area contributed by atoms with E-state index in [1.54, 1.807) is 31.4 Å². The molecule has 2 aromatic carbocycles. The van der Waals surface area contributed by atoms with Crippen molar-refractivity contribution in [1.29, 1.82) is 0 Å². The summed E-state index contributed by atoms with van der Waals surface area (Å²) in [6.45, 7) is 8.53. The Hall–Kier alpha value is -4.35. The number of anilines is 4. The van der Waals surface area contributed by atoms with Gasteiger partial charge in [-0.2, -0.15) is 0 Å². The van der Waals surface area contributed by atoms with E-state index in [9.17, 15) is 4.79 Å². The van der Waals surface area contributed by atoms with Crippen LogP contribution in [0.15, 0.2) is 65.8 Å². The van der Waals surface area contributed by atoms with Crippen molar-refractivity contribution in [3.8, 4) is 11.3 Å². The first-order valence-electron chi connectivity index (χ1n) is 12.2. The van der Waals surface area contributed by atoms with Gasteiger partial charge in [-0.25, -0.2) is 14.4 Å². The van der Waals surface area contributed by atoms with Crippen LogP contribution in [0.1, 0.15) is 0 Å². The normalized spacial score (nSPS) is 14.0. The maximum atomic E-state index is 15.1. The molecule has 1 aliphatic rings. The number of rotatable bonds is 9. The Kier molecular flexibility index (Phi) is 7.57. The molecule has 2 N–H and O–H groups in total. The largest absolute Gasteiger partial charge is 0.383 e. The molecule has 3 heterocycles. The van der Waals surface area contributed by atoms with Crippen molar-refractivity contribution >= 4 is 40.0 Å². The quantitative estimate of drug-likeness (QED) is 0.318. The molecule has 5 rings (SSSR count). The van der Waals surface area contributed by atoms with Crippen LogP contribution >= 0.6 is 0 Å². The van der Waals surface area contributed by atoms with Crippen LogP contribution in [0.3, 0.4) is 0 Å². The number of carbonyl (C=O) groups is 1. The maximum Gasteiger partial charge on any atom is 0.247 e. The van der Waals surface area contributed by atoms with E-state index in [1.165, 1.54) is 18.3 Å². The van der Waals surface area contributed by atoms with Gasteiger partial charge in [0.2, 0.25) is 11.9 Å². The van der Waals surface area contributed by atoms with E-state index in [0.29, 0.717) is 34.7 Å². The summed E-state index contributed by atoms with van der Waals surface area (Å²) in [7, 11) is 1.70. The van der Waals surface area contributed by atoms with Gasteiger partial charge in [0, 0.05) is 56.8 Å². The third-order valence-electron chi connectivity index (χ3n) is 6.35. The van der Waals surface area contributed by atoms with Crippen molar-refractivity contribution in [3.63, 3.8) is 0 Å². The van der Waals surface area contributed by atoms with Crippen molar-refractivity contribution in [3.05, 3.63) is 67.1 Å². The molecule has 11 heteroatoms. The first-order valence-corrected chi connectivity index (χ1v) is 12.2. The van der Waals surface area contributed by atoms with Gasteiger partial charge < -0.3 is 24.8 Å². The minimum absolute atomic E-state index is 0.205. The number of halogens is 1. The molecular formula is C27H28FN7O3. The number of benzene rings is 2. The predicted molar refractivity (Wildman–Crippen MR) is 144 cm³/mol. The molecule has 0 atom stereocenters. The van der Waals surface area contributed by atoms with E-state index in [1.807, 2.05) is 12.1 Å². The number of hydrogen-bond donors (Lipinski definition) is 2. The van der Waals surface area contributed by atoms with Gasteiger partial charge >= 0.3 is 0 Å². The van der Waals surface area contributed by atoms with Crippen LogP contribution in [-0.2, 0) is 9.53 Å². The Labute approximate surface area is 219 Å². The highest BCUT2D eigenvalue weighted by Crippen LogP contribution is 2.30. The highest BCUT2D eigenvalue weighted by molar-refractivity contribution is 5.99. The number of amides is 1. The summed E-state index contributed by atoms with van der Waals surface area (Å²) in [6, 6.07) is 12.2. The number of methoxy groups -OCH3 is 1. The van der Waals surface area contributed by atoms with E-state index >= 15 is 4.39 Å². The number of nitrogens with zero attached hydrogens (tertiary/aromatic N) is 5. The molecule has 0 bridgehead atoms. The van der Waals surface area contributed by atoms with Crippen molar-refractivity contribution < 1.29 is 18.4 Å². The molecule has 38 heavy (non-hydrogen) atoms. The Morgan fingerprint density at radius 2 is 2.05 bits per heavy atom. The minimum atomic E-state index is -0.399. The summed E-state index contributed by atoms with van der Waals surface area (Å²) < 4.78 is 25.7. The molecule has 0 aliphatic carbocycles. The van der Waals surface area contributed by atoms with Gasteiger partial charge in [-0.15, -0.1) is 0 Å². The Morgan fingerprint density at radius 3 is 2.82 bits per heavy atom. The summed E-state index contributed by atoms with van der Waals surface area (Å²) >= 11 is 0. The summed E-state index contributed by atoms with van der Waals surface area (Å²) in [6.07, 6.45) is 2.70. The van der Waals surface area contributed by atoms with E-state index in [-0.39, 0.29) is 17.5 Å². The summed E-state index contributed by atoms with van der Waals surface area (Å²) in [5.74, 6) is -0.114. The molecule has 1 fully saturated rings. The lowest BCUT2D eigenvalue weighted by molar-refractivity contribution is -0.111. The van der Waals surface area contributed by atoms with Gasteiger partial charge in [-0.3, -0.25) is 9.69 Å². The van der Waals surface area contributed by atoms with Crippen LogP contribution < -0.4 is 15.5 Å². The Bertz CT molecular complexity index is 1450. The zero-order valence-corrected chi connectivity index (χ0v) is 21.0. The minimum Gasteiger partial charge on any atom is -0.383 e. The first kappa shape index (κ1) is 25.3. The van der Waals surface area contributed by atoms with Crippen LogP contribution in [0.2, 0.25) is 0 Å². The SMILES string of the molecule is C=CC(=O)Nc1cccc(-c2onc3cnc(Nc4ccc(N5CCN(CCOC)CC5)cc4F)nc23)c1. The highest BCUT2D eigenvalue weighted by Gasteiger charge is 2.19. The van der Waals surface area contributed by atoms with Crippen molar-refractivity contribution in [2.45, 2.75) is 0 Å². The average Bonchev–Trinajstić information content (AvgIpc) is 3.37. The van der Waals surface area contributed by atoms with Crippen LogP contribution in [0, 0.1) is 5.82 Å². The van der Waals surface area contributed by atoms with Crippen LogP contribution in [0.4, 0.5) is 27.4 Å². The van der Waals surface area contributed by atoms with E-state index in [4.69, 9.17) is 9.26 Å². The maximum absolute atomic E-state index is 15.1. The van der Waals surface area contributed by atoms with Gasteiger partial charge in [0.25, 0.3) is 0 Å². The highest BCUT2D eigenvalue weighted by atomic mass is 19.1. The fourth-order valence-corrected chi connectivity index (χ4v) is 4.30.